The number of benzene rings is 3. The smallest absolute Gasteiger partial charge is 0.119 e. The van der Waals surface area contributed by atoms with E-state index in [0.29, 0.717) is 12.0 Å². The normalized spacial score (nSPS) is 11.0. The molecule has 0 saturated heterocycles. The number of hydrogen-bond donors (Lipinski definition) is 1. The molecule has 0 unspecified atom stereocenters. The average molecular weight is 386 g/mol. The van der Waals surface area contributed by atoms with Gasteiger partial charge >= 0.3 is 0 Å². The molecule has 0 saturated carbocycles. The maximum absolute atomic E-state index is 11.9. The number of anilines is 2. The van der Waals surface area contributed by atoms with Crippen LogP contribution in [0.5, 0.6) is 0 Å². The minimum atomic E-state index is -1.20. The average Bonchev–Trinajstić information content (AvgIpc) is 2.74. The number of aliphatic hydroxyl groups is 1. The maximum atomic E-state index is 11.9. The lowest BCUT2D eigenvalue weighted by Gasteiger charge is -2.31. The summed E-state index contributed by atoms with van der Waals surface area (Å²) in [6, 6.07) is 25.6. The fraction of sp³-hybridized carbons (Fsp3) is 0.240. The zero-order valence-corrected chi connectivity index (χ0v) is 17.4. The molecule has 4 nitrogen and oxygen atoms in total. The highest BCUT2D eigenvalue weighted by molar-refractivity contribution is 5.52. The molecule has 0 aliphatic heterocycles. The maximum Gasteiger partial charge on any atom is 0.119 e. The van der Waals surface area contributed by atoms with E-state index in [4.69, 9.17) is 0 Å². The van der Waals surface area contributed by atoms with Crippen molar-refractivity contribution >= 4 is 11.4 Å². The largest absolute Gasteiger partial charge is 0.380 e. The van der Waals surface area contributed by atoms with Crippen LogP contribution in [0, 0.1) is 11.3 Å². The molecule has 3 rings (SSSR count). The summed E-state index contributed by atoms with van der Waals surface area (Å²) in [6.45, 7) is 0. The summed E-state index contributed by atoms with van der Waals surface area (Å²) < 4.78 is 0. The van der Waals surface area contributed by atoms with Gasteiger partial charge in [-0.15, -0.1) is 0 Å². The Labute approximate surface area is 173 Å². The van der Waals surface area contributed by atoms with Crippen molar-refractivity contribution in [2.45, 2.75) is 12.0 Å². The zero-order chi connectivity index (χ0) is 21.0. The van der Waals surface area contributed by atoms with E-state index in [-0.39, 0.29) is 0 Å². The van der Waals surface area contributed by atoms with Crippen molar-refractivity contribution in [2.75, 3.05) is 38.0 Å². The van der Waals surface area contributed by atoms with Crippen molar-refractivity contribution in [1.82, 2.24) is 0 Å². The molecule has 3 aromatic carbocycles. The Hall–Kier alpha value is -3.29. The first-order chi connectivity index (χ1) is 13.8. The highest BCUT2D eigenvalue weighted by Crippen LogP contribution is 2.35. The van der Waals surface area contributed by atoms with Gasteiger partial charge in [-0.05, 0) is 53.1 Å². The van der Waals surface area contributed by atoms with E-state index in [1.807, 2.05) is 105 Å². The lowest BCUT2D eigenvalue weighted by atomic mass is 9.81. The molecule has 0 atom stereocenters. The van der Waals surface area contributed by atoms with Gasteiger partial charge in [-0.3, -0.25) is 0 Å². The fourth-order valence-corrected chi connectivity index (χ4v) is 3.49. The van der Waals surface area contributed by atoms with E-state index < -0.39 is 5.60 Å². The second kappa shape index (κ2) is 8.38. The molecule has 0 aliphatic rings. The number of nitriles is 1. The first-order valence-corrected chi connectivity index (χ1v) is 9.60. The van der Waals surface area contributed by atoms with Crippen molar-refractivity contribution in [2.24, 2.45) is 0 Å². The highest BCUT2D eigenvalue weighted by Gasteiger charge is 2.32. The Balaban J connectivity index is 2.07. The number of hydrogen-bond acceptors (Lipinski definition) is 4. The Morgan fingerprint density at radius 2 is 1.28 bits per heavy atom. The summed E-state index contributed by atoms with van der Waals surface area (Å²) in [5.74, 6) is 0. The van der Waals surface area contributed by atoms with Gasteiger partial charge in [0.1, 0.15) is 5.60 Å². The van der Waals surface area contributed by atoms with Crippen molar-refractivity contribution in [3.05, 3.63) is 95.1 Å². The summed E-state index contributed by atoms with van der Waals surface area (Å²) in [5.41, 5.74) is 4.10. The van der Waals surface area contributed by atoms with Crippen LogP contribution in [0.4, 0.5) is 11.4 Å². The Morgan fingerprint density at radius 3 is 1.69 bits per heavy atom. The SMILES string of the molecule is CN(C)c1ccc(C(O)(Cc2cccc(C#N)c2)c2ccc(N(C)C)cc2)cc1. The van der Waals surface area contributed by atoms with Crippen LogP contribution in [0.3, 0.4) is 0 Å². The second-order valence-electron chi connectivity index (χ2n) is 7.73. The van der Waals surface area contributed by atoms with Crippen molar-refractivity contribution in [3.63, 3.8) is 0 Å². The van der Waals surface area contributed by atoms with E-state index in [1.54, 1.807) is 6.07 Å². The van der Waals surface area contributed by atoms with Crippen LogP contribution in [0.2, 0.25) is 0 Å². The van der Waals surface area contributed by atoms with Crippen LogP contribution < -0.4 is 9.80 Å². The molecule has 0 bridgehead atoms. The molecule has 0 fully saturated rings. The van der Waals surface area contributed by atoms with Crippen LogP contribution in [0.25, 0.3) is 0 Å². The number of rotatable bonds is 6. The molecule has 0 heterocycles. The topological polar surface area (TPSA) is 50.5 Å². The molecule has 0 aromatic heterocycles. The molecule has 148 valence electrons. The van der Waals surface area contributed by atoms with E-state index in [9.17, 15) is 10.4 Å². The highest BCUT2D eigenvalue weighted by atomic mass is 16.3. The van der Waals surface area contributed by atoms with Gasteiger partial charge in [0, 0.05) is 46.0 Å². The molecule has 0 aliphatic carbocycles. The molecule has 3 aromatic rings. The molecule has 1 N–H and O–H groups in total. The van der Waals surface area contributed by atoms with Crippen molar-refractivity contribution in [3.8, 4) is 6.07 Å². The van der Waals surface area contributed by atoms with Gasteiger partial charge in [0.15, 0.2) is 0 Å². The summed E-state index contributed by atoms with van der Waals surface area (Å²) in [6.07, 6.45) is 0.380. The van der Waals surface area contributed by atoms with Gasteiger partial charge < -0.3 is 14.9 Å². The Morgan fingerprint density at radius 1 is 0.793 bits per heavy atom. The molecule has 0 amide bonds. The minimum absolute atomic E-state index is 0.380. The second-order valence-corrected chi connectivity index (χ2v) is 7.73. The van der Waals surface area contributed by atoms with Gasteiger partial charge in [-0.2, -0.15) is 5.26 Å². The standard InChI is InChI=1S/C25H27N3O/c1-27(2)23-12-8-21(9-13-23)25(29,17-19-6-5-7-20(16-19)18-26)22-10-14-24(15-11-22)28(3)4/h5-16,29H,17H2,1-4H3. The van der Waals surface area contributed by atoms with Gasteiger partial charge in [0.25, 0.3) is 0 Å². The first-order valence-electron chi connectivity index (χ1n) is 9.60. The predicted octanol–water partition coefficient (Wildman–Crippen LogP) is 4.17. The summed E-state index contributed by atoms with van der Waals surface area (Å²) in [7, 11) is 7.98. The van der Waals surface area contributed by atoms with E-state index in [1.165, 1.54) is 0 Å². The predicted molar refractivity (Wildman–Crippen MR) is 119 cm³/mol. The van der Waals surface area contributed by atoms with Crippen LogP contribution in [-0.2, 0) is 12.0 Å². The third-order valence-corrected chi connectivity index (χ3v) is 5.24. The Bertz CT molecular complexity index is 948. The lowest BCUT2D eigenvalue weighted by Crippen LogP contribution is -2.30. The summed E-state index contributed by atoms with van der Waals surface area (Å²) >= 11 is 0. The third-order valence-electron chi connectivity index (χ3n) is 5.24. The Kier molecular flexibility index (Phi) is 5.91. The van der Waals surface area contributed by atoms with Gasteiger partial charge in [0.2, 0.25) is 0 Å². The van der Waals surface area contributed by atoms with Crippen LogP contribution >= 0.6 is 0 Å². The molecule has 0 spiro atoms. The first kappa shape index (κ1) is 20.4. The molecule has 4 heteroatoms. The lowest BCUT2D eigenvalue weighted by molar-refractivity contribution is 0.0811. The number of nitrogens with zero attached hydrogens (tertiary/aromatic N) is 3. The van der Waals surface area contributed by atoms with Crippen LogP contribution in [0.1, 0.15) is 22.3 Å². The summed E-state index contributed by atoms with van der Waals surface area (Å²) in [5, 5.41) is 21.2. The van der Waals surface area contributed by atoms with E-state index in [0.717, 1.165) is 28.1 Å². The molecular weight excluding hydrogens is 358 g/mol. The van der Waals surface area contributed by atoms with Crippen molar-refractivity contribution in [1.29, 1.82) is 5.26 Å². The van der Waals surface area contributed by atoms with Crippen LogP contribution in [0.15, 0.2) is 72.8 Å². The zero-order valence-electron chi connectivity index (χ0n) is 17.4. The molecular formula is C25H27N3O. The quantitative estimate of drug-likeness (QED) is 0.692. The van der Waals surface area contributed by atoms with Crippen molar-refractivity contribution < 1.29 is 5.11 Å². The van der Waals surface area contributed by atoms with E-state index in [2.05, 4.69) is 6.07 Å². The molecule has 29 heavy (non-hydrogen) atoms. The summed E-state index contributed by atoms with van der Waals surface area (Å²) in [4.78, 5) is 4.07. The van der Waals surface area contributed by atoms with Gasteiger partial charge in [-0.1, -0.05) is 36.4 Å². The fourth-order valence-electron chi connectivity index (χ4n) is 3.49. The van der Waals surface area contributed by atoms with Gasteiger partial charge in [-0.25, -0.2) is 0 Å². The molecule has 0 radical (unpaired) electrons. The monoisotopic (exact) mass is 385 g/mol. The van der Waals surface area contributed by atoms with E-state index >= 15 is 0 Å². The van der Waals surface area contributed by atoms with Gasteiger partial charge in [0.05, 0.1) is 11.6 Å². The third kappa shape index (κ3) is 4.42. The minimum Gasteiger partial charge on any atom is -0.380 e. The van der Waals surface area contributed by atoms with Crippen LogP contribution in [-0.4, -0.2) is 33.3 Å².